The summed E-state index contributed by atoms with van der Waals surface area (Å²) in [4.78, 5) is 8.20. The third-order valence-electron chi connectivity index (χ3n) is 1.85. The molecule has 0 fully saturated rings. The van der Waals surface area contributed by atoms with Gasteiger partial charge in [0, 0.05) is 16.9 Å². The van der Waals surface area contributed by atoms with Gasteiger partial charge < -0.3 is 4.74 Å². The molecule has 0 saturated heterocycles. The summed E-state index contributed by atoms with van der Waals surface area (Å²) in [5.74, 6) is 1.28. The van der Waals surface area contributed by atoms with Crippen molar-refractivity contribution in [2.45, 2.75) is 6.92 Å². The minimum atomic E-state index is 0.538. The summed E-state index contributed by atoms with van der Waals surface area (Å²) in [5, 5.41) is 0. The highest BCUT2D eigenvalue weighted by molar-refractivity contribution is 9.10. The highest BCUT2D eigenvalue weighted by atomic mass is 79.9. The molecule has 1 aromatic heterocycles. The van der Waals surface area contributed by atoms with E-state index in [2.05, 4.69) is 25.9 Å². The zero-order chi connectivity index (χ0) is 10.7. The van der Waals surface area contributed by atoms with Crippen molar-refractivity contribution in [2.24, 2.45) is 0 Å². The van der Waals surface area contributed by atoms with Crippen molar-refractivity contribution in [1.29, 1.82) is 0 Å². The lowest BCUT2D eigenvalue weighted by atomic mass is 10.3. The fourth-order valence-corrected chi connectivity index (χ4v) is 1.52. The summed E-state index contributed by atoms with van der Waals surface area (Å²) in [6.45, 7) is 1.86. The summed E-state index contributed by atoms with van der Waals surface area (Å²) in [6, 6.07) is 7.61. The minimum Gasteiger partial charge on any atom is -0.437 e. The Morgan fingerprint density at radius 2 is 2.00 bits per heavy atom. The van der Waals surface area contributed by atoms with Crippen LogP contribution in [0.25, 0.3) is 0 Å². The molecule has 0 amide bonds. The highest BCUT2D eigenvalue weighted by Gasteiger charge is 2.02. The van der Waals surface area contributed by atoms with Crippen LogP contribution in [-0.4, -0.2) is 9.97 Å². The van der Waals surface area contributed by atoms with Crippen LogP contribution < -0.4 is 4.74 Å². The third kappa shape index (κ3) is 2.53. The standard InChI is InChI=1S/C11H9BrN2O/c1-8-11(14-6-5-13-8)15-10-4-2-3-9(12)7-10/h2-7H,1H3. The molecule has 2 rings (SSSR count). The average Bonchev–Trinajstić information content (AvgIpc) is 2.22. The molecule has 0 radical (unpaired) electrons. The maximum Gasteiger partial charge on any atom is 0.240 e. The molecule has 0 aliphatic rings. The van der Waals surface area contributed by atoms with Crippen molar-refractivity contribution >= 4 is 15.9 Å². The van der Waals surface area contributed by atoms with Gasteiger partial charge in [-0.1, -0.05) is 22.0 Å². The molecular formula is C11H9BrN2O. The van der Waals surface area contributed by atoms with E-state index in [1.54, 1.807) is 12.4 Å². The van der Waals surface area contributed by atoms with Crippen molar-refractivity contribution in [2.75, 3.05) is 0 Å². The van der Waals surface area contributed by atoms with Crippen LogP contribution in [0.3, 0.4) is 0 Å². The first-order valence-corrected chi connectivity index (χ1v) is 5.26. The van der Waals surface area contributed by atoms with Gasteiger partial charge in [0.15, 0.2) is 0 Å². The number of benzene rings is 1. The van der Waals surface area contributed by atoms with E-state index >= 15 is 0 Å². The molecule has 3 nitrogen and oxygen atoms in total. The molecule has 0 atom stereocenters. The van der Waals surface area contributed by atoms with Crippen LogP contribution >= 0.6 is 15.9 Å². The van der Waals surface area contributed by atoms with Gasteiger partial charge in [-0.05, 0) is 25.1 Å². The summed E-state index contributed by atoms with van der Waals surface area (Å²) < 4.78 is 6.56. The van der Waals surface area contributed by atoms with E-state index in [0.29, 0.717) is 5.88 Å². The van der Waals surface area contributed by atoms with Crippen LogP contribution in [0.5, 0.6) is 11.6 Å². The second-order valence-electron chi connectivity index (χ2n) is 3.01. The molecule has 0 N–H and O–H groups in total. The fraction of sp³-hybridized carbons (Fsp3) is 0.0909. The lowest BCUT2D eigenvalue weighted by Crippen LogP contribution is -1.92. The number of aromatic nitrogens is 2. The molecule has 2 aromatic rings. The predicted octanol–water partition coefficient (Wildman–Crippen LogP) is 3.34. The first-order chi connectivity index (χ1) is 7.25. The fourth-order valence-electron chi connectivity index (χ4n) is 1.14. The molecule has 4 heteroatoms. The van der Waals surface area contributed by atoms with Crippen molar-refractivity contribution in [3.8, 4) is 11.6 Å². The van der Waals surface area contributed by atoms with Crippen molar-refractivity contribution in [3.63, 3.8) is 0 Å². The van der Waals surface area contributed by atoms with Crippen LogP contribution in [0.4, 0.5) is 0 Å². The van der Waals surface area contributed by atoms with Gasteiger partial charge in [0.25, 0.3) is 0 Å². The Kier molecular flexibility index (Phi) is 2.97. The molecule has 0 aliphatic carbocycles. The second-order valence-corrected chi connectivity index (χ2v) is 3.92. The van der Waals surface area contributed by atoms with Gasteiger partial charge in [-0.3, -0.25) is 4.98 Å². The van der Waals surface area contributed by atoms with Crippen molar-refractivity contribution in [3.05, 3.63) is 46.8 Å². The Labute approximate surface area is 96.3 Å². The number of halogens is 1. The smallest absolute Gasteiger partial charge is 0.240 e. The summed E-state index contributed by atoms with van der Waals surface area (Å²) in [5.41, 5.74) is 0.775. The Morgan fingerprint density at radius 3 is 2.73 bits per heavy atom. The quantitative estimate of drug-likeness (QED) is 0.835. The number of aryl methyl sites for hydroxylation is 1. The number of rotatable bonds is 2. The Bertz CT molecular complexity index is 474. The summed E-state index contributed by atoms with van der Waals surface area (Å²) >= 11 is 3.38. The van der Waals surface area contributed by atoms with E-state index in [0.717, 1.165) is 15.9 Å². The zero-order valence-corrected chi connectivity index (χ0v) is 9.73. The van der Waals surface area contributed by atoms with Crippen LogP contribution in [0.2, 0.25) is 0 Å². The number of nitrogens with zero attached hydrogens (tertiary/aromatic N) is 2. The lowest BCUT2D eigenvalue weighted by molar-refractivity contribution is 0.455. The largest absolute Gasteiger partial charge is 0.437 e. The zero-order valence-electron chi connectivity index (χ0n) is 8.14. The highest BCUT2D eigenvalue weighted by Crippen LogP contribution is 2.23. The van der Waals surface area contributed by atoms with Crippen molar-refractivity contribution in [1.82, 2.24) is 9.97 Å². The van der Waals surface area contributed by atoms with E-state index in [-0.39, 0.29) is 0 Å². The molecule has 76 valence electrons. The van der Waals surface area contributed by atoms with Gasteiger partial charge in [-0.15, -0.1) is 0 Å². The predicted molar refractivity (Wildman–Crippen MR) is 61.0 cm³/mol. The van der Waals surface area contributed by atoms with Gasteiger partial charge in [-0.25, -0.2) is 4.98 Å². The Balaban J connectivity index is 2.26. The number of hydrogen-bond donors (Lipinski definition) is 0. The molecule has 0 aliphatic heterocycles. The molecule has 1 heterocycles. The van der Waals surface area contributed by atoms with Gasteiger partial charge in [0.1, 0.15) is 5.75 Å². The first kappa shape index (κ1) is 10.1. The molecule has 0 unspecified atom stereocenters. The van der Waals surface area contributed by atoms with Gasteiger partial charge in [0.2, 0.25) is 5.88 Å². The maximum absolute atomic E-state index is 5.59. The third-order valence-corrected chi connectivity index (χ3v) is 2.34. The van der Waals surface area contributed by atoms with Gasteiger partial charge in [0.05, 0.1) is 5.69 Å². The lowest BCUT2D eigenvalue weighted by Gasteiger charge is -2.06. The summed E-state index contributed by atoms with van der Waals surface area (Å²) in [6.07, 6.45) is 3.25. The Morgan fingerprint density at radius 1 is 1.20 bits per heavy atom. The molecule has 0 bridgehead atoms. The number of hydrogen-bond acceptors (Lipinski definition) is 3. The van der Waals surface area contributed by atoms with Gasteiger partial charge in [-0.2, -0.15) is 0 Å². The monoisotopic (exact) mass is 264 g/mol. The van der Waals surface area contributed by atoms with Crippen LogP contribution in [0, 0.1) is 6.92 Å². The molecular weight excluding hydrogens is 256 g/mol. The summed E-state index contributed by atoms with van der Waals surface area (Å²) in [7, 11) is 0. The van der Waals surface area contributed by atoms with Crippen molar-refractivity contribution < 1.29 is 4.74 Å². The van der Waals surface area contributed by atoms with E-state index in [1.807, 2.05) is 31.2 Å². The van der Waals surface area contributed by atoms with E-state index in [9.17, 15) is 0 Å². The average molecular weight is 265 g/mol. The maximum atomic E-state index is 5.59. The van der Waals surface area contributed by atoms with Crippen LogP contribution in [0.1, 0.15) is 5.69 Å². The molecule has 15 heavy (non-hydrogen) atoms. The minimum absolute atomic E-state index is 0.538. The first-order valence-electron chi connectivity index (χ1n) is 4.47. The SMILES string of the molecule is Cc1nccnc1Oc1cccc(Br)c1. The van der Waals surface area contributed by atoms with Crippen LogP contribution in [-0.2, 0) is 0 Å². The second kappa shape index (κ2) is 4.40. The Hall–Kier alpha value is -1.42. The number of ether oxygens (including phenoxy) is 1. The van der Waals surface area contributed by atoms with E-state index in [4.69, 9.17) is 4.74 Å². The molecule has 1 aromatic carbocycles. The molecule has 0 spiro atoms. The topological polar surface area (TPSA) is 35.0 Å². The van der Waals surface area contributed by atoms with E-state index in [1.165, 1.54) is 0 Å². The molecule has 0 saturated carbocycles. The van der Waals surface area contributed by atoms with Crippen LogP contribution in [0.15, 0.2) is 41.1 Å². The van der Waals surface area contributed by atoms with Gasteiger partial charge >= 0.3 is 0 Å². The van der Waals surface area contributed by atoms with E-state index < -0.39 is 0 Å². The normalized spacial score (nSPS) is 10.0.